The van der Waals surface area contributed by atoms with Crippen LogP contribution in [0.3, 0.4) is 0 Å². The van der Waals surface area contributed by atoms with Gasteiger partial charge in [-0.05, 0) is 30.2 Å². The molecule has 1 aromatic rings. The Labute approximate surface area is 132 Å². The predicted octanol–water partition coefficient (Wildman–Crippen LogP) is 0.273. The highest BCUT2D eigenvalue weighted by Crippen LogP contribution is 2.30. The summed E-state index contributed by atoms with van der Waals surface area (Å²) in [5.74, 6) is -1.82. The number of aliphatic carboxylic acids is 1. The zero-order valence-electron chi connectivity index (χ0n) is 12.3. The summed E-state index contributed by atoms with van der Waals surface area (Å²) in [6, 6.07) is 8.80. The molecule has 0 bridgehead atoms. The van der Waals surface area contributed by atoms with Crippen molar-refractivity contribution < 1.29 is 30.0 Å². The van der Waals surface area contributed by atoms with Gasteiger partial charge in [0.05, 0.1) is 6.10 Å². The topological polar surface area (TPSA) is 127 Å². The Morgan fingerprint density at radius 3 is 2.48 bits per heavy atom. The molecule has 3 atom stereocenters. The molecule has 1 aromatic carbocycles. The summed E-state index contributed by atoms with van der Waals surface area (Å²) in [6.07, 6.45) is -2.15. The average molecular weight is 321 g/mol. The van der Waals surface area contributed by atoms with Gasteiger partial charge in [0.1, 0.15) is 6.10 Å². The number of hydrogen-bond acceptors (Lipinski definition) is 5. The molecule has 124 valence electrons. The van der Waals surface area contributed by atoms with Crippen molar-refractivity contribution in [1.29, 1.82) is 0 Å². The monoisotopic (exact) mass is 321 g/mol. The molecule has 23 heavy (non-hydrogen) atoms. The summed E-state index contributed by atoms with van der Waals surface area (Å²) >= 11 is 0. The molecule has 5 N–H and O–H groups in total. The van der Waals surface area contributed by atoms with Gasteiger partial charge in [-0.1, -0.05) is 18.2 Å². The summed E-state index contributed by atoms with van der Waals surface area (Å²) in [4.78, 5) is 23.0. The fourth-order valence-corrected chi connectivity index (χ4v) is 2.50. The minimum absolute atomic E-state index is 0.0137. The third-order valence-corrected chi connectivity index (χ3v) is 3.76. The molecule has 1 aliphatic rings. The van der Waals surface area contributed by atoms with E-state index in [1.165, 1.54) is 0 Å². The van der Waals surface area contributed by atoms with Gasteiger partial charge in [-0.2, -0.15) is 0 Å². The van der Waals surface area contributed by atoms with Crippen LogP contribution in [0.5, 0.6) is 0 Å². The summed E-state index contributed by atoms with van der Waals surface area (Å²) in [5, 5.41) is 41.3. The average Bonchev–Trinajstić information content (AvgIpc) is 2.50. The number of carbonyl (C=O) groups is 2. The maximum Gasteiger partial charge on any atom is 0.339 e. The Bertz CT molecular complexity index is 614. The van der Waals surface area contributed by atoms with E-state index in [0.29, 0.717) is 5.69 Å². The van der Waals surface area contributed by atoms with E-state index in [0.717, 1.165) is 6.08 Å². The summed E-state index contributed by atoms with van der Waals surface area (Å²) in [6.45, 7) is 0. The SMILES string of the molecule is O=C(CCC1=C[C@@](O)(C(=O)O)C[C@@H](O)[C@@H]1O)Nc1ccccc1. The Kier molecular flexibility index (Phi) is 5.15. The molecule has 0 unspecified atom stereocenters. The summed E-state index contributed by atoms with van der Waals surface area (Å²) in [7, 11) is 0. The summed E-state index contributed by atoms with van der Waals surface area (Å²) < 4.78 is 0. The minimum Gasteiger partial charge on any atom is -0.479 e. The van der Waals surface area contributed by atoms with Crippen molar-refractivity contribution in [3.63, 3.8) is 0 Å². The molecule has 0 aromatic heterocycles. The van der Waals surface area contributed by atoms with E-state index < -0.39 is 30.2 Å². The molecule has 1 amide bonds. The second-order valence-electron chi connectivity index (χ2n) is 5.58. The van der Waals surface area contributed by atoms with Crippen molar-refractivity contribution >= 4 is 17.6 Å². The predicted molar refractivity (Wildman–Crippen MR) is 81.6 cm³/mol. The van der Waals surface area contributed by atoms with E-state index in [9.17, 15) is 24.9 Å². The number of anilines is 1. The number of carboxylic acid groups (broad SMARTS) is 1. The molecule has 2 rings (SSSR count). The van der Waals surface area contributed by atoms with Gasteiger partial charge >= 0.3 is 5.97 Å². The second kappa shape index (κ2) is 6.91. The minimum atomic E-state index is -2.23. The second-order valence-corrected chi connectivity index (χ2v) is 5.58. The maximum atomic E-state index is 11.9. The molecule has 0 spiro atoms. The third kappa shape index (κ3) is 4.16. The number of aliphatic hydroxyl groups excluding tert-OH is 2. The first kappa shape index (κ1) is 17.1. The van der Waals surface area contributed by atoms with Crippen LogP contribution in [0.4, 0.5) is 5.69 Å². The maximum absolute atomic E-state index is 11.9. The lowest BCUT2D eigenvalue weighted by Crippen LogP contribution is -2.48. The first-order valence-electron chi connectivity index (χ1n) is 7.20. The van der Waals surface area contributed by atoms with Crippen LogP contribution in [-0.2, 0) is 9.59 Å². The lowest BCUT2D eigenvalue weighted by molar-refractivity contribution is -0.158. The van der Waals surface area contributed by atoms with Crippen molar-refractivity contribution in [2.24, 2.45) is 0 Å². The highest BCUT2D eigenvalue weighted by molar-refractivity contribution is 5.90. The number of para-hydroxylation sites is 1. The number of aliphatic hydroxyl groups is 3. The van der Waals surface area contributed by atoms with Crippen LogP contribution in [0, 0.1) is 0 Å². The van der Waals surface area contributed by atoms with Crippen molar-refractivity contribution in [3.05, 3.63) is 42.0 Å². The Morgan fingerprint density at radius 1 is 1.22 bits per heavy atom. The van der Waals surface area contributed by atoms with Gasteiger partial charge in [0.25, 0.3) is 0 Å². The first-order valence-corrected chi connectivity index (χ1v) is 7.20. The number of hydrogen-bond donors (Lipinski definition) is 5. The molecule has 0 saturated carbocycles. The van der Waals surface area contributed by atoms with E-state index in [4.69, 9.17) is 5.11 Å². The fourth-order valence-electron chi connectivity index (χ4n) is 2.50. The van der Waals surface area contributed by atoms with Gasteiger partial charge in [0.2, 0.25) is 5.91 Å². The van der Waals surface area contributed by atoms with Crippen molar-refractivity contribution in [1.82, 2.24) is 0 Å². The van der Waals surface area contributed by atoms with Crippen LogP contribution >= 0.6 is 0 Å². The standard InChI is InChI=1S/C16H19NO6/c18-12-9-16(23,15(21)22)8-10(14(12)20)6-7-13(19)17-11-4-2-1-3-5-11/h1-5,8,12,14,18,20,23H,6-7,9H2,(H,17,19)(H,21,22)/t12-,14-,16+/m1/s1. The van der Waals surface area contributed by atoms with Crippen molar-refractivity contribution in [3.8, 4) is 0 Å². The number of carbonyl (C=O) groups excluding carboxylic acids is 1. The van der Waals surface area contributed by atoms with E-state index in [-0.39, 0.29) is 24.3 Å². The normalized spacial score (nSPS) is 27.2. The van der Waals surface area contributed by atoms with Crippen LogP contribution in [0.1, 0.15) is 19.3 Å². The van der Waals surface area contributed by atoms with E-state index in [2.05, 4.69) is 5.32 Å². The largest absolute Gasteiger partial charge is 0.479 e. The smallest absolute Gasteiger partial charge is 0.339 e. The number of carboxylic acids is 1. The van der Waals surface area contributed by atoms with Gasteiger partial charge in [-0.3, -0.25) is 4.79 Å². The third-order valence-electron chi connectivity index (χ3n) is 3.76. The zero-order valence-corrected chi connectivity index (χ0v) is 12.3. The van der Waals surface area contributed by atoms with E-state index in [1.807, 2.05) is 6.07 Å². The Morgan fingerprint density at radius 2 is 1.87 bits per heavy atom. The molecule has 0 heterocycles. The van der Waals surface area contributed by atoms with Crippen molar-refractivity contribution in [2.45, 2.75) is 37.1 Å². The highest BCUT2D eigenvalue weighted by atomic mass is 16.4. The van der Waals surface area contributed by atoms with Crippen LogP contribution in [-0.4, -0.2) is 50.1 Å². The van der Waals surface area contributed by atoms with Crippen LogP contribution < -0.4 is 5.32 Å². The van der Waals surface area contributed by atoms with E-state index >= 15 is 0 Å². The Hall–Kier alpha value is -2.22. The van der Waals surface area contributed by atoms with Crippen LogP contribution in [0.2, 0.25) is 0 Å². The Balaban J connectivity index is 2.01. The molecule has 0 aliphatic heterocycles. The lowest BCUT2D eigenvalue weighted by Gasteiger charge is -2.33. The number of benzene rings is 1. The highest BCUT2D eigenvalue weighted by Gasteiger charge is 2.43. The van der Waals surface area contributed by atoms with Crippen molar-refractivity contribution in [2.75, 3.05) is 5.32 Å². The molecule has 0 fully saturated rings. The first-order chi connectivity index (χ1) is 10.8. The van der Waals surface area contributed by atoms with Gasteiger partial charge in [-0.15, -0.1) is 0 Å². The van der Waals surface area contributed by atoms with Gasteiger partial charge in [-0.25, -0.2) is 4.79 Å². The number of nitrogens with one attached hydrogen (secondary N) is 1. The van der Waals surface area contributed by atoms with Gasteiger partial charge in [0.15, 0.2) is 5.60 Å². The fraction of sp³-hybridized carbons (Fsp3) is 0.375. The quantitative estimate of drug-likeness (QED) is 0.496. The molecule has 1 aliphatic carbocycles. The molecular weight excluding hydrogens is 302 g/mol. The number of rotatable bonds is 5. The van der Waals surface area contributed by atoms with E-state index in [1.54, 1.807) is 24.3 Å². The lowest BCUT2D eigenvalue weighted by atomic mass is 9.81. The molecule has 7 nitrogen and oxygen atoms in total. The number of amides is 1. The zero-order chi connectivity index (χ0) is 17.0. The molecule has 7 heteroatoms. The molecule has 0 radical (unpaired) electrons. The molecular formula is C16H19NO6. The molecule has 0 saturated heterocycles. The van der Waals surface area contributed by atoms with Gasteiger partial charge in [0, 0.05) is 18.5 Å². The van der Waals surface area contributed by atoms with Crippen LogP contribution in [0.15, 0.2) is 42.0 Å². The van der Waals surface area contributed by atoms with Gasteiger partial charge < -0.3 is 25.7 Å². The van der Waals surface area contributed by atoms with Crippen LogP contribution in [0.25, 0.3) is 0 Å². The summed E-state index contributed by atoms with van der Waals surface area (Å²) in [5.41, 5.74) is -1.47.